The van der Waals surface area contributed by atoms with Crippen molar-refractivity contribution >= 4 is 11.8 Å². The van der Waals surface area contributed by atoms with E-state index in [1.807, 2.05) is 0 Å². The molecule has 1 aliphatic heterocycles. The second-order valence-electron chi connectivity index (χ2n) is 6.98. The van der Waals surface area contributed by atoms with Gasteiger partial charge in [0.2, 0.25) is 0 Å². The van der Waals surface area contributed by atoms with E-state index in [4.69, 9.17) is 0 Å². The lowest BCUT2D eigenvalue weighted by Crippen LogP contribution is -2.50. The predicted molar refractivity (Wildman–Crippen MR) is 84.4 cm³/mol. The third-order valence-corrected chi connectivity index (χ3v) is 5.14. The highest BCUT2D eigenvalue weighted by molar-refractivity contribution is 8.00. The number of thioether (sulfide) groups is 1. The van der Waals surface area contributed by atoms with Gasteiger partial charge in [0.15, 0.2) is 0 Å². The van der Waals surface area contributed by atoms with Crippen LogP contribution >= 0.6 is 11.8 Å². The van der Waals surface area contributed by atoms with Crippen LogP contribution in [0, 0.1) is 11.3 Å². The Hall–Kier alpha value is 0.270. The quantitative estimate of drug-likeness (QED) is 0.800. The molecule has 0 aromatic carbocycles. The first-order valence-corrected chi connectivity index (χ1v) is 8.43. The maximum atomic E-state index is 3.61. The fourth-order valence-electron chi connectivity index (χ4n) is 2.52. The first-order chi connectivity index (χ1) is 8.32. The van der Waals surface area contributed by atoms with Crippen molar-refractivity contribution < 1.29 is 0 Å². The van der Waals surface area contributed by atoms with Gasteiger partial charge >= 0.3 is 0 Å². The first kappa shape index (κ1) is 16.3. The van der Waals surface area contributed by atoms with E-state index < -0.39 is 0 Å². The summed E-state index contributed by atoms with van der Waals surface area (Å²) < 4.78 is 0. The standard InChI is InChI=1S/C15H32N2S/c1-12(2)9-16-10-15(5,6)11-17-7-8-18-14(4)13(17)3/h12-14,16H,7-11H2,1-6H3. The van der Waals surface area contributed by atoms with Crippen molar-refractivity contribution in [3.63, 3.8) is 0 Å². The molecule has 0 amide bonds. The van der Waals surface area contributed by atoms with E-state index in [2.05, 4.69) is 63.5 Å². The molecule has 1 fully saturated rings. The van der Waals surface area contributed by atoms with Crippen LogP contribution in [0.1, 0.15) is 41.5 Å². The van der Waals surface area contributed by atoms with E-state index in [1.165, 1.54) is 18.8 Å². The lowest BCUT2D eigenvalue weighted by Gasteiger charge is -2.42. The van der Waals surface area contributed by atoms with E-state index in [-0.39, 0.29) is 0 Å². The average Bonchev–Trinajstić information content (AvgIpc) is 2.23. The molecule has 108 valence electrons. The maximum Gasteiger partial charge on any atom is 0.0184 e. The summed E-state index contributed by atoms with van der Waals surface area (Å²) >= 11 is 2.12. The predicted octanol–water partition coefficient (Wildman–Crippen LogP) is 3.08. The normalized spacial score (nSPS) is 26.8. The molecule has 0 bridgehead atoms. The largest absolute Gasteiger partial charge is 0.316 e. The smallest absolute Gasteiger partial charge is 0.0184 e. The maximum absolute atomic E-state index is 3.61. The molecule has 0 aromatic heterocycles. The van der Waals surface area contributed by atoms with Gasteiger partial charge in [-0.3, -0.25) is 4.90 Å². The Balaban J connectivity index is 2.38. The summed E-state index contributed by atoms with van der Waals surface area (Å²) in [4.78, 5) is 2.68. The molecular weight excluding hydrogens is 240 g/mol. The van der Waals surface area contributed by atoms with Gasteiger partial charge in [-0.15, -0.1) is 0 Å². The van der Waals surface area contributed by atoms with Gasteiger partial charge in [-0.05, 0) is 24.8 Å². The summed E-state index contributed by atoms with van der Waals surface area (Å²) in [7, 11) is 0. The molecular formula is C15H32N2S. The zero-order valence-corrected chi connectivity index (χ0v) is 13.9. The van der Waals surface area contributed by atoms with Gasteiger partial charge in [0.05, 0.1) is 0 Å². The van der Waals surface area contributed by atoms with Crippen LogP contribution in [-0.2, 0) is 0 Å². The molecule has 2 atom stereocenters. The molecule has 0 saturated carbocycles. The van der Waals surface area contributed by atoms with Crippen LogP contribution in [0.25, 0.3) is 0 Å². The molecule has 0 radical (unpaired) electrons. The zero-order chi connectivity index (χ0) is 13.8. The van der Waals surface area contributed by atoms with Gasteiger partial charge in [0.25, 0.3) is 0 Å². The van der Waals surface area contributed by atoms with Gasteiger partial charge < -0.3 is 5.32 Å². The molecule has 1 rings (SSSR count). The SMILES string of the molecule is CC(C)CNCC(C)(C)CN1CCSC(C)C1C. The topological polar surface area (TPSA) is 15.3 Å². The van der Waals surface area contributed by atoms with Gasteiger partial charge in [-0.1, -0.05) is 34.6 Å². The Bertz CT molecular complexity index is 241. The van der Waals surface area contributed by atoms with E-state index in [0.717, 1.165) is 24.3 Å². The Morgan fingerprint density at radius 2 is 2.00 bits per heavy atom. The Morgan fingerprint density at radius 1 is 1.33 bits per heavy atom. The van der Waals surface area contributed by atoms with E-state index in [9.17, 15) is 0 Å². The molecule has 1 N–H and O–H groups in total. The summed E-state index contributed by atoms with van der Waals surface area (Å²) in [6, 6.07) is 0.716. The highest BCUT2D eigenvalue weighted by Crippen LogP contribution is 2.27. The number of hydrogen-bond donors (Lipinski definition) is 1. The number of nitrogens with zero attached hydrogens (tertiary/aromatic N) is 1. The Labute approximate surface area is 118 Å². The number of rotatable bonds is 6. The molecule has 2 nitrogen and oxygen atoms in total. The Kier molecular flexibility index (Phi) is 6.49. The minimum atomic E-state index is 0.366. The van der Waals surface area contributed by atoms with Crippen LogP contribution in [0.4, 0.5) is 0 Å². The second kappa shape index (κ2) is 7.16. The van der Waals surface area contributed by atoms with Crippen LogP contribution < -0.4 is 5.32 Å². The number of hydrogen-bond acceptors (Lipinski definition) is 3. The number of nitrogens with one attached hydrogen (secondary N) is 1. The lowest BCUT2D eigenvalue weighted by atomic mass is 9.91. The third kappa shape index (κ3) is 5.50. The van der Waals surface area contributed by atoms with E-state index in [0.29, 0.717) is 11.5 Å². The second-order valence-corrected chi connectivity index (χ2v) is 8.46. The molecule has 1 heterocycles. The highest BCUT2D eigenvalue weighted by Gasteiger charge is 2.29. The van der Waals surface area contributed by atoms with Crippen molar-refractivity contribution in [2.75, 3.05) is 31.9 Å². The van der Waals surface area contributed by atoms with Gasteiger partial charge in [0.1, 0.15) is 0 Å². The molecule has 0 aromatic rings. The van der Waals surface area contributed by atoms with Crippen molar-refractivity contribution in [1.82, 2.24) is 10.2 Å². The third-order valence-electron chi connectivity index (χ3n) is 3.80. The average molecular weight is 273 g/mol. The molecule has 0 spiro atoms. The fraction of sp³-hybridized carbons (Fsp3) is 1.00. The summed E-state index contributed by atoms with van der Waals surface area (Å²) in [5.74, 6) is 2.03. The fourth-order valence-corrected chi connectivity index (χ4v) is 3.69. The van der Waals surface area contributed by atoms with Gasteiger partial charge in [-0.2, -0.15) is 11.8 Å². The Morgan fingerprint density at radius 3 is 2.61 bits per heavy atom. The van der Waals surface area contributed by atoms with Crippen molar-refractivity contribution in [3.05, 3.63) is 0 Å². The summed E-state index contributed by atoms with van der Waals surface area (Å²) in [6.07, 6.45) is 0. The van der Waals surface area contributed by atoms with E-state index >= 15 is 0 Å². The monoisotopic (exact) mass is 272 g/mol. The van der Waals surface area contributed by atoms with Gasteiger partial charge in [0, 0.05) is 36.7 Å². The summed E-state index contributed by atoms with van der Waals surface area (Å²) in [5.41, 5.74) is 0.366. The van der Waals surface area contributed by atoms with Crippen LogP contribution in [0.3, 0.4) is 0 Å². The molecule has 18 heavy (non-hydrogen) atoms. The highest BCUT2D eigenvalue weighted by atomic mass is 32.2. The molecule has 0 aliphatic carbocycles. The molecule has 2 unspecified atom stereocenters. The van der Waals surface area contributed by atoms with E-state index in [1.54, 1.807) is 0 Å². The van der Waals surface area contributed by atoms with Crippen LogP contribution in [0.2, 0.25) is 0 Å². The van der Waals surface area contributed by atoms with Crippen LogP contribution in [0.5, 0.6) is 0 Å². The van der Waals surface area contributed by atoms with Crippen LogP contribution in [0.15, 0.2) is 0 Å². The van der Waals surface area contributed by atoms with Crippen molar-refractivity contribution in [1.29, 1.82) is 0 Å². The van der Waals surface area contributed by atoms with Crippen molar-refractivity contribution in [2.45, 2.75) is 52.8 Å². The molecule has 1 saturated heterocycles. The summed E-state index contributed by atoms with van der Waals surface area (Å²) in [6.45, 7) is 18.8. The van der Waals surface area contributed by atoms with Gasteiger partial charge in [-0.25, -0.2) is 0 Å². The summed E-state index contributed by atoms with van der Waals surface area (Å²) in [5, 5.41) is 4.38. The first-order valence-electron chi connectivity index (χ1n) is 7.38. The zero-order valence-electron chi connectivity index (χ0n) is 13.1. The minimum absolute atomic E-state index is 0.366. The minimum Gasteiger partial charge on any atom is -0.316 e. The molecule has 3 heteroatoms. The van der Waals surface area contributed by atoms with Crippen molar-refractivity contribution in [3.8, 4) is 0 Å². The van der Waals surface area contributed by atoms with Crippen LogP contribution in [-0.4, -0.2) is 48.1 Å². The molecule has 1 aliphatic rings. The van der Waals surface area contributed by atoms with Crippen molar-refractivity contribution in [2.24, 2.45) is 11.3 Å². The lowest BCUT2D eigenvalue weighted by molar-refractivity contribution is 0.137.